The first-order valence-electron chi connectivity index (χ1n) is 11.3. The number of aliphatic hydroxyl groups excluding tert-OH is 1. The van der Waals surface area contributed by atoms with Gasteiger partial charge in [0.2, 0.25) is 5.91 Å². The summed E-state index contributed by atoms with van der Waals surface area (Å²) in [6.07, 6.45) is 4.70. The van der Waals surface area contributed by atoms with E-state index in [1.807, 2.05) is 32.0 Å². The van der Waals surface area contributed by atoms with Crippen molar-refractivity contribution >= 4 is 23.6 Å². The number of anilines is 1. The Morgan fingerprint density at radius 2 is 1.69 bits per heavy atom. The molecule has 0 heterocycles. The molecule has 0 aliphatic carbocycles. The van der Waals surface area contributed by atoms with Gasteiger partial charge >= 0.3 is 6.09 Å². The first-order valence-corrected chi connectivity index (χ1v) is 11.3. The zero-order chi connectivity index (χ0) is 26.2. The number of amides is 3. The van der Waals surface area contributed by atoms with Crippen LogP contribution in [-0.4, -0.2) is 53.2 Å². The second-order valence-corrected chi connectivity index (χ2v) is 9.09. The van der Waals surface area contributed by atoms with E-state index < -0.39 is 36.1 Å². The van der Waals surface area contributed by atoms with Crippen LogP contribution < -0.4 is 10.6 Å². The van der Waals surface area contributed by atoms with Gasteiger partial charge in [-0.2, -0.15) is 0 Å². The van der Waals surface area contributed by atoms with E-state index in [0.717, 1.165) is 11.1 Å². The molecule has 0 aromatic heterocycles. The molecule has 0 radical (unpaired) electrons. The zero-order valence-electron chi connectivity index (χ0n) is 20.8. The number of alkyl carbamates (subject to hydrolysis) is 1. The Kier molecular flexibility index (Phi) is 9.43. The summed E-state index contributed by atoms with van der Waals surface area (Å²) in [5.74, 6) is 1.50. The number of carbonyl (C=O) groups excluding carboxylic acids is 3. The van der Waals surface area contributed by atoms with Crippen molar-refractivity contribution in [3.05, 3.63) is 64.7 Å². The van der Waals surface area contributed by atoms with Crippen LogP contribution in [0.1, 0.15) is 49.1 Å². The summed E-state index contributed by atoms with van der Waals surface area (Å²) in [6, 6.07) is 11.2. The van der Waals surface area contributed by atoms with Crippen LogP contribution in [0.15, 0.2) is 42.5 Å². The molecule has 2 aromatic carbocycles. The summed E-state index contributed by atoms with van der Waals surface area (Å²) in [5.41, 5.74) is 2.77. The number of nitrogens with one attached hydrogen (secondary N) is 2. The van der Waals surface area contributed by atoms with Crippen molar-refractivity contribution in [2.24, 2.45) is 0 Å². The predicted molar refractivity (Wildman–Crippen MR) is 135 cm³/mol. The fourth-order valence-corrected chi connectivity index (χ4v) is 3.51. The van der Waals surface area contributed by atoms with Gasteiger partial charge in [0.25, 0.3) is 5.91 Å². The lowest BCUT2D eigenvalue weighted by Gasteiger charge is -2.31. The fraction of sp³-hybridized carbons (Fsp3) is 0.370. The average molecular weight is 480 g/mol. The third-order valence-corrected chi connectivity index (χ3v) is 5.13. The Morgan fingerprint density at radius 1 is 1.09 bits per heavy atom. The van der Waals surface area contributed by atoms with Crippen molar-refractivity contribution in [1.29, 1.82) is 0 Å². The van der Waals surface area contributed by atoms with Gasteiger partial charge in [0.15, 0.2) is 0 Å². The molecule has 8 nitrogen and oxygen atoms in total. The largest absolute Gasteiger partial charge is 0.444 e. The lowest BCUT2D eigenvalue weighted by atomic mass is 10.0. The van der Waals surface area contributed by atoms with E-state index in [2.05, 4.69) is 16.6 Å². The van der Waals surface area contributed by atoms with Gasteiger partial charge in [-0.1, -0.05) is 36.3 Å². The molecule has 0 fully saturated rings. The molecular weight excluding hydrogens is 446 g/mol. The lowest BCUT2D eigenvalue weighted by Crippen LogP contribution is -2.47. The third-order valence-electron chi connectivity index (χ3n) is 5.13. The lowest BCUT2D eigenvalue weighted by molar-refractivity contribution is -0.138. The van der Waals surface area contributed by atoms with Crippen LogP contribution in [0.5, 0.6) is 0 Å². The van der Waals surface area contributed by atoms with Crippen molar-refractivity contribution in [3.8, 4) is 12.3 Å². The molecule has 1 unspecified atom stereocenters. The molecule has 0 saturated carbocycles. The predicted octanol–water partition coefficient (Wildman–Crippen LogP) is 3.31. The molecule has 8 heteroatoms. The number of carbonyl (C=O) groups is 3. The van der Waals surface area contributed by atoms with Crippen LogP contribution in [0.3, 0.4) is 0 Å². The highest BCUT2D eigenvalue weighted by atomic mass is 16.6. The summed E-state index contributed by atoms with van der Waals surface area (Å²) in [7, 11) is 0. The van der Waals surface area contributed by atoms with E-state index in [1.165, 1.54) is 4.90 Å². The highest BCUT2D eigenvalue weighted by Crippen LogP contribution is 2.26. The number of benzene rings is 2. The summed E-state index contributed by atoms with van der Waals surface area (Å²) >= 11 is 0. The van der Waals surface area contributed by atoms with E-state index in [-0.39, 0.29) is 13.2 Å². The molecule has 3 amide bonds. The van der Waals surface area contributed by atoms with Crippen molar-refractivity contribution in [2.45, 2.75) is 46.3 Å². The van der Waals surface area contributed by atoms with Crippen molar-refractivity contribution in [2.75, 3.05) is 25.0 Å². The minimum Gasteiger partial charge on any atom is -0.444 e. The van der Waals surface area contributed by atoms with Gasteiger partial charge in [-0.3, -0.25) is 9.59 Å². The Hall–Kier alpha value is -3.83. The zero-order valence-corrected chi connectivity index (χ0v) is 20.8. The van der Waals surface area contributed by atoms with E-state index in [4.69, 9.17) is 11.2 Å². The number of hydrogen-bond acceptors (Lipinski definition) is 5. The number of para-hydroxylation sites is 1. The monoisotopic (exact) mass is 479 g/mol. The van der Waals surface area contributed by atoms with Crippen molar-refractivity contribution in [1.82, 2.24) is 10.2 Å². The molecule has 0 spiro atoms. The van der Waals surface area contributed by atoms with Crippen LogP contribution in [-0.2, 0) is 14.3 Å². The Balaban J connectivity index is 2.39. The van der Waals surface area contributed by atoms with Gasteiger partial charge in [0.1, 0.15) is 18.2 Å². The molecule has 2 rings (SSSR count). The first kappa shape index (κ1) is 27.4. The number of ether oxygens (including phenoxy) is 1. The van der Waals surface area contributed by atoms with E-state index in [9.17, 15) is 19.5 Å². The Labute approximate surface area is 206 Å². The van der Waals surface area contributed by atoms with Crippen LogP contribution >= 0.6 is 0 Å². The van der Waals surface area contributed by atoms with Gasteiger partial charge in [0, 0.05) is 17.8 Å². The molecular formula is C27H33N3O5. The maximum Gasteiger partial charge on any atom is 0.408 e. The second kappa shape index (κ2) is 12.0. The smallest absolute Gasteiger partial charge is 0.408 e. The van der Waals surface area contributed by atoms with Crippen LogP contribution in [0.2, 0.25) is 0 Å². The molecule has 35 heavy (non-hydrogen) atoms. The van der Waals surface area contributed by atoms with E-state index in [1.54, 1.807) is 45.0 Å². The number of rotatable bonds is 8. The highest BCUT2D eigenvalue weighted by Gasteiger charge is 2.32. The topological polar surface area (TPSA) is 108 Å². The molecule has 2 aromatic rings. The minimum atomic E-state index is -1.08. The van der Waals surface area contributed by atoms with Gasteiger partial charge < -0.3 is 25.4 Å². The van der Waals surface area contributed by atoms with Crippen LogP contribution in [0, 0.1) is 26.2 Å². The third kappa shape index (κ3) is 7.87. The standard InChI is InChI=1S/C27H33N3O5/c1-7-20-11-13-21(14-12-20)24(25(33)29-23-18(2)9-8-10-19(23)3)30(15-16-31)22(32)17-28-26(34)35-27(4,5)6/h1,8-14,24,31H,15-17H2,2-6H3,(H,28,34)(H,29,33). The SMILES string of the molecule is C#Cc1ccc(C(C(=O)Nc2c(C)cccc2C)N(CCO)C(=O)CNC(=O)OC(C)(C)C)cc1. The molecule has 3 N–H and O–H groups in total. The number of aryl methyl sites for hydroxylation is 2. The Bertz CT molecular complexity index is 1080. The van der Waals surface area contributed by atoms with Gasteiger partial charge in [0.05, 0.1) is 6.61 Å². The molecule has 1 atom stereocenters. The summed E-state index contributed by atoms with van der Waals surface area (Å²) in [6.45, 7) is 7.96. The van der Waals surface area contributed by atoms with E-state index in [0.29, 0.717) is 16.8 Å². The normalized spacial score (nSPS) is 11.7. The number of nitrogens with zero attached hydrogens (tertiary/aromatic N) is 1. The number of aliphatic hydroxyl groups is 1. The number of terminal acetylenes is 1. The maximum absolute atomic E-state index is 13.6. The number of hydrogen-bond donors (Lipinski definition) is 3. The molecule has 0 saturated heterocycles. The summed E-state index contributed by atoms with van der Waals surface area (Å²) in [5, 5.41) is 15.0. The van der Waals surface area contributed by atoms with Crippen LogP contribution in [0.25, 0.3) is 0 Å². The molecule has 0 aliphatic heterocycles. The fourth-order valence-electron chi connectivity index (χ4n) is 3.51. The molecule has 186 valence electrons. The highest BCUT2D eigenvalue weighted by molar-refractivity contribution is 5.99. The maximum atomic E-state index is 13.6. The Morgan fingerprint density at radius 3 is 2.20 bits per heavy atom. The van der Waals surface area contributed by atoms with E-state index >= 15 is 0 Å². The first-order chi connectivity index (χ1) is 16.5. The minimum absolute atomic E-state index is 0.128. The molecule has 0 aliphatic rings. The summed E-state index contributed by atoms with van der Waals surface area (Å²) < 4.78 is 5.18. The van der Waals surface area contributed by atoms with Crippen molar-refractivity contribution < 1.29 is 24.2 Å². The summed E-state index contributed by atoms with van der Waals surface area (Å²) in [4.78, 5) is 40.0. The quantitative estimate of drug-likeness (QED) is 0.504. The van der Waals surface area contributed by atoms with Crippen LogP contribution in [0.4, 0.5) is 10.5 Å². The second-order valence-electron chi connectivity index (χ2n) is 9.09. The van der Waals surface area contributed by atoms with Gasteiger partial charge in [-0.25, -0.2) is 4.79 Å². The van der Waals surface area contributed by atoms with Gasteiger partial charge in [-0.05, 0) is 63.4 Å². The average Bonchev–Trinajstić information content (AvgIpc) is 2.79. The molecule has 0 bridgehead atoms. The van der Waals surface area contributed by atoms with Crippen molar-refractivity contribution in [3.63, 3.8) is 0 Å². The van der Waals surface area contributed by atoms with Gasteiger partial charge in [-0.15, -0.1) is 6.42 Å².